The van der Waals surface area contributed by atoms with E-state index in [4.69, 9.17) is 4.74 Å². The fraction of sp³-hybridized carbons (Fsp3) is 0.533. The fourth-order valence-corrected chi connectivity index (χ4v) is 2.11. The van der Waals surface area contributed by atoms with Crippen LogP contribution in [0.5, 0.6) is 0 Å². The number of aliphatic hydroxyl groups excluding tert-OH is 1. The van der Waals surface area contributed by atoms with Crippen LogP contribution in [0, 0.1) is 5.82 Å². The van der Waals surface area contributed by atoms with Crippen molar-refractivity contribution in [3.63, 3.8) is 0 Å². The summed E-state index contributed by atoms with van der Waals surface area (Å²) in [7, 11) is 1.34. The molecule has 0 radical (unpaired) electrons. The highest BCUT2D eigenvalue weighted by molar-refractivity contribution is 5.80. The van der Waals surface area contributed by atoms with Crippen LogP contribution < -0.4 is 5.32 Å². The number of methoxy groups -OCH3 is 1. The Morgan fingerprint density at radius 3 is 2.55 bits per heavy atom. The van der Waals surface area contributed by atoms with Gasteiger partial charge in [-0.2, -0.15) is 0 Å². The van der Waals surface area contributed by atoms with Crippen LogP contribution >= 0.6 is 0 Å². The standard InChI is InChI=1S/C15H22FNO3/c1-4-9-15(2,14(19)20-3)17-10-13(18)11-5-7-12(16)8-6-11/h5-8,13,17-18H,4,9-10H2,1-3H3. The predicted molar refractivity (Wildman–Crippen MR) is 74.7 cm³/mol. The van der Waals surface area contributed by atoms with E-state index in [1.165, 1.54) is 31.4 Å². The molecule has 0 spiro atoms. The maximum atomic E-state index is 12.8. The van der Waals surface area contributed by atoms with E-state index in [9.17, 15) is 14.3 Å². The number of halogens is 1. The first-order valence-corrected chi connectivity index (χ1v) is 6.70. The van der Waals surface area contributed by atoms with Gasteiger partial charge in [0.15, 0.2) is 0 Å². The third-order valence-electron chi connectivity index (χ3n) is 3.33. The Morgan fingerprint density at radius 1 is 1.45 bits per heavy atom. The highest BCUT2D eigenvalue weighted by Gasteiger charge is 2.33. The van der Waals surface area contributed by atoms with Gasteiger partial charge in [-0.1, -0.05) is 25.5 Å². The summed E-state index contributed by atoms with van der Waals surface area (Å²) < 4.78 is 17.6. The maximum absolute atomic E-state index is 12.8. The van der Waals surface area contributed by atoms with Gasteiger partial charge in [0.05, 0.1) is 13.2 Å². The molecule has 0 aliphatic heterocycles. The molecule has 112 valence electrons. The van der Waals surface area contributed by atoms with Gasteiger partial charge in [0, 0.05) is 6.54 Å². The van der Waals surface area contributed by atoms with Crippen molar-refractivity contribution in [2.45, 2.75) is 38.3 Å². The Kier molecular flexibility index (Phi) is 6.10. The molecule has 4 nitrogen and oxygen atoms in total. The number of carbonyl (C=O) groups is 1. The minimum Gasteiger partial charge on any atom is -0.468 e. The van der Waals surface area contributed by atoms with E-state index >= 15 is 0 Å². The highest BCUT2D eigenvalue weighted by Crippen LogP contribution is 2.18. The van der Waals surface area contributed by atoms with Crippen LogP contribution in [-0.2, 0) is 9.53 Å². The molecule has 0 bridgehead atoms. The van der Waals surface area contributed by atoms with Gasteiger partial charge >= 0.3 is 5.97 Å². The van der Waals surface area contributed by atoms with Gasteiger partial charge in [0.1, 0.15) is 11.4 Å². The Balaban J connectivity index is 2.67. The Labute approximate surface area is 119 Å². The molecule has 2 unspecified atom stereocenters. The minimum atomic E-state index is -0.829. The van der Waals surface area contributed by atoms with Gasteiger partial charge in [-0.3, -0.25) is 10.1 Å². The third kappa shape index (κ3) is 4.28. The molecular formula is C15H22FNO3. The predicted octanol–water partition coefficient (Wildman–Crippen LogP) is 2.18. The molecule has 20 heavy (non-hydrogen) atoms. The largest absolute Gasteiger partial charge is 0.468 e. The van der Waals surface area contributed by atoms with Crippen molar-refractivity contribution in [1.29, 1.82) is 0 Å². The molecule has 1 aromatic rings. The Hall–Kier alpha value is -1.46. The molecule has 0 heterocycles. The summed E-state index contributed by atoms with van der Waals surface area (Å²) in [4.78, 5) is 11.8. The Bertz CT molecular complexity index is 435. The lowest BCUT2D eigenvalue weighted by atomic mass is 9.95. The van der Waals surface area contributed by atoms with Crippen LogP contribution in [0.2, 0.25) is 0 Å². The second-order valence-electron chi connectivity index (χ2n) is 5.02. The van der Waals surface area contributed by atoms with Crippen molar-refractivity contribution in [2.75, 3.05) is 13.7 Å². The molecule has 1 aromatic carbocycles. The van der Waals surface area contributed by atoms with Crippen LogP contribution in [0.3, 0.4) is 0 Å². The zero-order valence-corrected chi connectivity index (χ0v) is 12.1. The van der Waals surface area contributed by atoms with Crippen LogP contribution in [0.4, 0.5) is 4.39 Å². The van der Waals surface area contributed by atoms with Crippen molar-refractivity contribution in [2.24, 2.45) is 0 Å². The number of β-amino-alcohol motifs (C(OH)–C–C–N with tert-alkyl or cyclic N) is 1. The van der Waals surface area contributed by atoms with E-state index in [1.807, 2.05) is 6.92 Å². The first-order chi connectivity index (χ1) is 9.42. The average Bonchev–Trinajstić information content (AvgIpc) is 2.45. The maximum Gasteiger partial charge on any atom is 0.325 e. The number of esters is 1. The second-order valence-corrected chi connectivity index (χ2v) is 5.02. The lowest BCUT2D eigenvalue weighted by molar-refractivity contribution is -0.148. The van der Waals surface area contributed by atoms with E-state index in [2.05, 4.69) is 5.32 Å². The summed E-state index contributed by atoms with van der Waals surface area (Å²) in [5.41, 5.74) is -0.229. The average molecular weight is 283 g/mol. The van der Waals surface area contributed by atoms with Gasteiger partial charge in [-0.05, 0) is 31.0 Å². The van der Waals surface area contributed by atoms with E-state index in [1.54, 1.807) is 6.92 Å². The zero-order valence-electron chi connectivity index (χ0n) is 12.1. The zero-order chi connectivity index (χ0) is 15.2. The number of nitrogens with one attached hydrogen (secondary N) is 1. The smallest absolute Gasteiger partial charge is 0.325 e. The van der Waals surface area contributed by atoms with Crippen molar-refractivity contribution >= 4 is 5.97 Å². The van der Waals surface area contributed by atoms with Crippen LogP contribution in [0.15, 0.2) is 24.3 Å². The second kappa shape index (κ2) is 7.36. The van der Waals surface area contributed by atoms with Crippen LogP contribution in [0.25, 0.3) is 0 Å². The quantitative estimate of drug-likeness (QED) is 0.753. The molecule has 0 saturated carbocycles. The Morgan fingerprint density at radius 2 is 2.05 bits per heavy atom. The molecule has 0 amide bonds. The van der Waals surface area contributed by atoms with E-state index in [0.29, 0.717) is 12.0 Å². The minimum absolute atomic E-state index is 0.192. The number of aliphatic hydroxyl groups is 1. The molecule has 2 atom stereocenters. The van der Waals surface area contributed by atoms with Crippen LogP contribution in [0.1, 0.15) is 38.4 Å². The SMILES string of the molecule is CCCC(C)(NCC(O)c1ccc(F)cc1)C(=O)OC. The van der Waals surface area contributed by atoms with Gasteiger partial charge in [0.25, 0.3) is 0 Å². The third-order valence-corrected chi connectivity index (χ3v) is 3.33. The number of hydrogen-bond donors (Lipinski definition) is 2. The molecule has 0 aromatic heterocycles. The summed E-state index contributed by atoms with van der Waals surface area (Å²) in [6.45, 7) is 3.91. The number of carbonyl (C=O) groups excluding carboxylic acids is 1. The van der Waals surface area contributed by atoms with Crippen LogP contribution in [-0.4, -0.2) is 30.3 Å². The number of ether oxygens (including phenoxy) is 1. The first kappa shape index (κ1) is 16.6. The lowest BCUT2D eigenvalue weighted by Crippen LogP contribution is -2.51. The van der Waals surface area contributed by atoms with Crippen molar-refractivity contribution in [3.8, 4) is 0 Å². The van der Waals surface area contributed by atoms with Gasteiger partial charge in [-0.25, -0.2) is 4.39 Å². The normalized spacial score (nSPS) is 15.4. The molecule has 2 N–H and O–H groups in total. The van der Waals surface area contributed by atoms with Gasteiger partial charge in [-0.15, -0.1) is 0 Å². The lowest BCUT2D eigenvalue weighted by Gasteiger charge is -2.29. The van der Waals surface area contributed by atoms with Crippen molar-refractivity contribution < 1.29 is 19.0 Å². The number of rotatable bonds is 7. The molecule has 0 fully saturated rings. The van der Waals surface area contributed by atoms with Crippen molar-refractivity contribution in [3.05, 3.63) is 35.6 Å². The number of benzene rings is 1. The topological polar surface area (TPSA) is 58.6 Å². The van der Waals surface area contributed by atoms with E-state index in [0.717, 1.165) is 6.42 Å². The van der Waals surface area contributed by atoms with E-state index in [-0.39, 0.29) is 18.3 Å². The first-order valence-electron chi connectivity index (χ1n) is 6.70. The van der Waals surface area contributed by atoms with Gasteiger partial charge in [0.2, 0.25) is 0 Å². The highest BCUT2D eigenvalue weighted by atomic mass is 19.1. The number of hydrogen-bond acceptors (Lipinski definition) is 4. The molecule has 0 saturated heterocycles. The molecule has 1 rings (SSSR count). The fourth-order valence-electron chi connectivity index (χ4n) is 2.11. The summed E-state index contributed by atoms with van der Waals surface area (Å²) in [5, 5.41) is 13.1. The molecule has 0 aliphatic carbocycles. The monoisotopic (exact) mass is 283 g/mol. The summed E-state index contributed by atoms with van der Waals surface area (Å²) in [6.07, 6.45) is 0.609. The molecule has 0 aliphatic rings. The molecular weight excluding hydrogens is 261 g/mol. The summed E-state index contributed by atoms with van der Waals surface area (Å²) >= 11 is 0. The summed E-state index contributed by atoms with van der Waals surface area (Å²) in [6, 6.07) is 5.64. The van der Waals surface area contributed by atoms with E-state index < -0.39 is 11.6 Å². The molecule has 5 heteroatoms. The van der Waals surface area contributed by atoms with Crippen molar-refractivity contribution in [1.82, 2.24) is 5.32 Å². The summed E-state index contributed by atoms with van der Waals surface area (Å²) in [5.74, 6) is -0.704. The van der Waals surface area contributed by atoms with Gasteiger partial charge < -0.3 is 9.84 Å².